The Kier molecular flexibility index (Phi) is 6.78. The summed E-state index contributed by atoms with van der Waals surface area (Å²) in [5, 5.41) is 0. The summed E-state index contributed by atoms with van der Waals surface area (Å²) in [6, 6.07) is 6.24. The second kappa shape index (κ2) is 9.33. The molecule has 4 aromatic rings. The van der Waals surface area contributed by atoms with Crippen LogP contribution < -0.4 is 10.6 Å². The highest BCUT2D eigenvalue weighted by atomic mass is 32.1. The summed E-state index contributed by atoms with van der Waals surface area (Å²) in [5.41, 5.74) is 12.3. The maximum atomic E-state index is 6.51. The lowest BCUT2D eigenvalue weighted by atomic mass is 9.73. The Balaban J connectivity index is 0.00000137. The van der Waals surface area contributed by atoms with E-state index in [9.17, 15) is 0 Å². The third kappa shape index (κ3) is 3.82. The molecular weight excluding hydrogens is 466 g/mol. The zero-order valence-electron chi connectivity index (χ0n) is 19.4. The predicted molar refractivity (Wildman–Crippen MR) is 144 cm³/mol. The van der Waals surface area contributed by atoms with Crippen molar-refractivity contribution in [2.24, 2.45) is 11.1 Å². The number of aryl methyl sites for hydroxylation is 1. The van der Waals surface area contributed by atoms with Crippen molar-refractivity contribution in [1.82, 2.24) is 24.3 Å². The van der Waals surface area contributed by atoms with Crippen LogP contribution in [-0.2, 0) is 4.74 Å². The van der Waals surface area contributed by atoms with Gasteiger partial charge in [0.15, 0.2) is 0 Å². The number of anilines is 1. The third-order valence-corrected chi connectivity index (χ3v) is 7.36. The van der Waals surface area contributed by atoms with Gasteiger partial charge in [-0.05, 0) is 44.4 Å². The van der Waals surface area contributed by atoms with Gasteiger partial charge in [0.05, 0.1) is 29.4 Å². The monoisotopic (exact) mass is 497 g/mol. The Morgan fingerprint density at radius 3 is 2.47 bits per heavy atom. The second-order valence-electron chi connectivity index (χ2n) is 9.14. The number of ether oxygens (including phenoxy) is 1. The van der Waals surface area contributed by atoms with Crippen LogP contribution in [0.5, 0.6) is 0 Å². The standard InChI is InChI=1S/C24H27N7O.2H2S/c1-15-20(17-3-4-18-19(13-17)27-8-7-26-18)22-28-9-12-31(22)23(29-15)30-10-5-24(6-11-30)14-32-16(2)21(24)25;;/h3-4,7-9,12-13,16,21H,5-6,10-11,14,25H2,1-2H3;2*1H2/t16-,21+;;/m0../s1. The van der Waals surface area contributed by atoms with Crippen LogP contribution >= 0.6 is 27.0 Å². The summed E-state index contributed by atoms with van der Waals surface area (Å²) in [7, 11) is 0. The minimum atomic E-state index is 0. The fraction of sp³-hybridized carbons (Fsp3) is 0.417. The summed E-state index contributed by atoms with van der Waals surface area (Å²) in [6.07, 6.45) is 9.44. The van der Waals surface area contributed by atoms with Gasteiger partial charge in [-0.1, -0.05) is 6.07 Å². The van der Waals surface area contributed by atoms with E-state index in [-0.39, 0.29) is 44.6 Å². The Hall–Kier alpha value is -2.40. The maximum absolute atomic E-state index is 6.51. The molecular formula is C24H31N7OS2. The molecule has 10 heteroatoms. The van der Waals surface area contributed by atoms with Gasteiger partial charge < -0.3 is 15.4 Å². The molecule has 180 valence electrons. The van der Waals surface area contributed by atoms with E-state index in [2.05, 4.69) is 45.2 Å². The predicted octanol–water partition coefficient (Wildman–Crippen LogP) is 3.21. The first-order chi connectivity index (χ1) is 15.6. The van der Waals surface area contributed by atoms with Crippen molar-refractivity contribution in [3.8, 4) is 11.1 Å². The number of imidazole rings is 1. The first kappa shape index (κ1) is 24.7. The van der Waals surface area contributed by atoms with Crippen LogP contribution in [0.25, 0.3) is 27.8 Å². The van der Waals surface area contributed by atoms with Crippen LogP contribution in [-0.4, -0.2) is 56.2 Å². The summed E-state index contributed by atoms with van der Waals surface area (Å²) >= 11 is 0. The number of rotatable bonds is 2. The molecule has 2 fully saturated rings. The fourth-order valence-electron chi connectivity index (χ4n) is 5.38. The quantitative estimate of drug-likeness (QED) is 0.454. The van der Waals surface area contributed by atoms with Crippen molar-refractivity contribution in [3.05, 3.63) is 48.7 Å². The lowest BCUT2D eigenvalue weighted by Gasteiger charge is -2.41. The van der Waals surface area contributed by atoms with Gasteiger partial charge in [-0.2, -0.15) is 27.0 Å². The van der Waals surface area contributed by atoms with Gasteiger partial charge in [0, 0.05) is 54.9 Å². The molecule has 2 N–H and O–H groups in total. The van der Waals surface area contributed by atoms with E-state index in [1.54, 1.807) is 12.4 Å². The Morgan fingerprint density at radius 2 is 1.76 bits per heavy atom. The molecule has 2 aliphatic rings. The first-order valence-electron chi connectivity index (χ1n) is 11.2. The van der Waals surface area contributed by atoms with E-state index < -0.39 is 0 Å². The van der Waals surface area contributed by atoms with E-state index in [4.69, 9.17) is 20.4 Å². The minimum absolute atomic E-state index is 0. The van der Waals surface area contributed by atoms with Crippen molar-refractivity contribution >= 4 is 49.6 Å². The highest BCUT2D eigenvalue weighted by molar-refractivity contribution is 7.59. The van der Waals surface area contributed by atoms with Gasteiger partial charge in [-0.3, -0.25) is 14.4 Å². The fourth-order valence-corrected chi connectivity index (χ4v) is 5.38. The van der Waals surface area contributed by atoms with Crippen LogP contribution in [0.2, 0.25) is 0 Å². The number of aromatic nitrogens is 5. The van der Waals surface area contributed by atoms with Gasteiger partial charge in [0.1, 0.15) is 5.65 Å². The van der Waals surface area contributed by atoms with E-state index in [0.717, 1.165) is 72.0 Å². The van der Waals surface area contributed by atoms with Crippen molar-refractivity contribution in [2.45, 2.75) is 38.8 Å². The van der Waals surface area contributed by atoms with Crippen LogP contribution in [0.1, 0.15) is 25.5 Å². The molecule has 6 rings (SSSR count). The second-order valence-corrected chi connectivity index (χ2v) is 9.14. The zero-order chi connectivity index (χ0) is 21.9. The van der Waals surface area contributed by atoms with Crippen molar-refractivity contribution < 1.29 is 4.74 Å². The number of hydrogen-bond acceptors (Lipinski definition) is 7. The topological polar surface area (TPSA) is 94.5 Å². The maximum Gasteiger partial charge on any atom is 0.211 e. The third-order valence-electron chi connectivity index (χ3n) is 7.36. The number of benzene rings is 1. The Labute approximate surface area is 212 Å². The van der Waals surface area contributed by atoms with Crippen LogP contribution in [0.15, 0.2) is 43.0 Å². The number of fused-ring (bicyclic) bond motifs is 2. The molecule has 5 heterocycles. The van der Waals surface area contributed by atoms with Crippen LogP contribution in [0.4, 0.5) is 5.95 Å². The molecule has 0 unspecified atom stereocenters. The number of nitrogens with two attached hydrogens (primary N) is 1. The summed E-state index contributed by atoms with van der Waals surface area (Å²) in [6.45, 7) is 6.73. The largest absolute Gasteiger partial charge is 0.376 e. The van der Waals surface area contributed by atoms with Crippen molar-refractivity contribution in [2.75, 3.05) is 24.6 Å². The molecule has 8 nitrogen and oxygen atoms in total. The summed E-state index contributed by atoms with van der Waals surface area (Å²) in [4.78, 5) is 21.0. The highest BCUT2D eigenvalue weighted by Gasteiger charge is 2.47. The average Bonchev–Trinajstić information content (AvgIpc) is 3.40. The molecule has 2 saturated heterocycles. The van der Waals surface area contributed by atoms with Gasteiger partial charge in [-0.15, -0.1) is 0 Å². The molecule has 2 atom stereocenters. The first-order valence-corrected chi connectivity index (χ1v) is 11.2. The van der Waals surface area contributed by atoms with Crippen molar-refractivity contribution in [1.29, 1.82) is 0 Å². The molecule has 0 radical (unpaired) electrons. The minimum Gasteiger partial charge on any atom is -0.376 e. The molecule has 1 spiro atoms. The van der Waals surface area contributed by atoms with Gasteiger partial charge in [-0.25, -0.2) is 9.97 Å². The lowest BCUT2D eigenvalue weighted by Crippen LogP contribution is -2.51. The zero-order valence-corrected chi connectivity index (χ0v) is 21.4. The Bertz CT molecular complexity index is 1320. The molecule has 0 amide bonds. The molecule has 3 aromatic heterocycles. The smallest absolute Gasteiger partial charge is 0.211 e. The molecule has 2 aliphatic heterocycles. The number of piperidine rings is 1. The number of nitrogens with zero attached hydrogens (tertiary/aromatic N) is 6. The van der Waals surface area contributed by atoms with E-state index >= 15 is 0 Å². The molecule has 0 bridgehead atoms. The summed E-state index contributed by atoms with van der Waals surface area (Å²) in [5.74, 6) is 0.940. The van der Waals surface area contributed by atoms with Gasteiger partial charge in [0.2, 0.25) is 5.95 Å². The van der Waals surface area contributed by atoms with E-state index in [1.807, 2.05) is 18.5 Å². The number of hydrogen-bond donors (Lipinski definition) is 1. The van der Waals surface area contributed by atoms with Gasteiger partial charge >= 0.3 is 0 Å². The molecule has 0 saturated carbocycles. The van der Waals surface area contributed by atoms with Crippen molar-refractivity contribution in [3.63, 3.8) is 0 Å². The summed E-state index contributed by atoms with van der Waals surface area (Å²) < 4.78 is 7.99. The SMILES string of the molecule is Cc1nc(N2CCC3(CC2)CO[C@@H](C)[C@H]3N)n2ccnc2c1-c1ccc2nccnc2c1.S.S. The van der Waals surface area contributed by atoms with Crippen LogP contribution in [0.3, 0.4) is 0 Å². The lowest BCUT2D eigenvalue weighted by molar-refractivity contribution is 0.0973. The van der Waals surface area contributed by atoms with Gasteiger partial charge in [0.25, 0.3) is 0 Å². The molecule has 0 aliphatic carbocycles. The Morgan fingerprint density at radius 1 is 1.03 bits per heavy atom. The molecule has 34 heavy (non-hydrogen) atoms. The average molecular weight is 498 g/mol. The normalized spacial score (nSPS) is 21.6. The van der Waals surface area contributed by atoms with Crippen LogP contribution in [0, 0.1) is 12.3 Å². The molecule has 1 aromatic carbocycles. The van der Waals surface area contributed by atoms with E-state index in [1.165, 1.54) is 0 Å². The highest BCUT2D eigenvalue weighted by Crippen LogP contribution is 2.42. The van der Waals surface area contributed by atoms with E-state index in [0.29, 0.717) is 0 Å².